The minimum Gasteiger partial charge on any atom is -0.465 e. The lowest BCUT2D eigenvalue weighted by Crippen LogP contribution is -2.36. The van der Waals surface area contributed by atoms with E-state index in [0.29, 0.717) is 18.7 Å². The number of rotatable bonds is 3. The number of aromatic nitrogens is 2. The summed E-state index contributed by atoms with van der Waals surface area (Å²) >= 11 is 0. The van der Waals surface area contributed by atoms with Crippen molar-refractivity contribution in [1.29, 1.82) is 0 Å². The highest BCUT2D eigenvalue weighted by molar-refractivity contribution is 7.89. The molecule has 0 aliphatic carbocycles. The summed E-state index contributed by atoms with van der Waals surface area (Å²) in [5, 5.41) is 0. The number of hydrogen-bond acceptors (Lipinski definition) is 6. The van der Waals surface area contributed by atoms with Crippen LogP contribution in [0.3, 0.4) is 0 Å². The van der Waals surface area contributed by atoms with Crippen molar-refractivity contribution in [3.63, 3.8) is 0 Å². The highest BCUT2D eigenvalue weighted by Crippen LogP contribution is 2.25. The molecule has 0 amide bonds. The predicted octanol–water partition coefficient (Wildman–Crippen LogP) is 1.32. The highest BCUT2D eigenvalue weighted by atomic mass is 32.2. The van der Waals surface area contributed by atoms with Gasteiger partial charge in [0.15, 0.2) is 0 Å². The van der Waals surface area contributed by atoms with Crippen LogP contribution >= 0.6 is 0 Å². The summed E-state index contributed by atoms with van der Waals surface area (Å²) in [6.07, 6.45) is 5.29. The third-order valence-corrected chi connectivity index (χ3v) is 5.90. The van der Waals surface area contributed by atoms with Gasteiger partial charge < -0.3 is 4.74 Å². The smallest absolute Gasteiger partial charge is 0.339 e. The maximum absolute atomic E-state index is 12.9. The molecule has 0 fully saturated rings. The van der Waals surface area contributed by atoms with E-state index in [-0.39, 0.29) is 17.0 Å². The van der Waals surface area contributed by atoms with Crippen molar-refractivity contribution in [1.82, 2.24) is 14.3 Å². The van der Waals surface area contributed by atoms with Crippen molar-refractivity contribution in [2.45, 2.75) is 24.8 Å². The van der Waals surface area contributed by atoms with Gasteiger partial charge >= 0.3 is 5.97 Å². The van der Waals surface area contributed by atoms with Crippen molar-refractivity contribution in [2.75, 3.05) is 13.7 Å². The summed E-state index contributed by atoms with van der Waals surface area (Å²) in [5.74, 6) is -0.606. The summed E-state index contributed by atoms with van der Waals surface area (Å²) in [6.45, 7) is 2.26. The molecule has 0 atom stereocenters. The van der Waals surface area contributed by atoms with Crippen molar-refractivity contribution in [3.8, 4) is 0 Å². The van der Waals surface area contributed by atoms with E-state index in [1.165, 1.54) is 23.7 Å². The Morgan fingerprint density at radius 3 is 2.83 bits per heavy atom. The van der Waals surface area contributed by atoms with Gasteiger partial charge in [0.1, 0.15) is 4.90 Å². The lowest BCUT2D eigenvalue weighted by Gasteiger charge is -2.27. The van der Waals surface area contributed by atoms with Gasteiger partial charge in [-0.25, -0.2) is 13.2 Å². The zero-order valence-electron chi connectivity index (χ0n) is 13.4. The lowest BCUT2D eigenvalue weighted by molar-refractivity contribution is 0.0599. The Hall–Kier alpha value is -2.32. The Kier molecular flexibility index (Phi) is 4.33. The molecule has 0 saturated heterocycles. The van der Waals surface area contributed by atoms with E-state index < -0.39 is 16.0 Å². The third kappa shape index (κ3) is 2.90. The number of ether oxygens (including phenoxy) is 1. The van der Waals surface area contributed by atoms with Gasteiger partial charge in [-0.05, 0) is 36.6 Å². The lowest BCUT2D eigenvalue weighted by atomic mass is 10.0. The number of hydrogen-bond donors (Lipinski definition) is 0. The van der Waals surface area contributed by atoms with Crippen molar-refractivity contribution < 1.29 is 17.9 Å². The second kappa shape index (κ2) is 6.29. The molecule has 0 unspecified atom stereocenters. The molecule has 3 heterocycles. The molecule has 0 aromatic carbocycles. The van der Waals surface area contributed by atoms with E-state index in [4.69, 9.17) is 0 Å². The van der Waals surface area contributed by atoms with E-state index in [1.807, 2.05) is 6.07 Å². The molecule has 2 aromatic rings. The third-order valence-electron chi connectivity index (χ3n) is 4.09. The highest BCUT2D eigenvalue weighted by Gasteiger charge is 2.29. The molecule has 3 rings (SSSR count). The summed E-state index contributed by atoms with van der Waals surface area (Å²) in [7, 11) is -2.50. The first-order valence-corrected chi connectivity index (χ1v) is 8.84. The molecule has 0 bridgehead atoms. The van der Waals surface area contributed by atoms with Gasteiger partial charge in [0.05, 0.1) is 18.4 Å². The summed E-state index contributed by atoms with van der Waals surface area (Å²) in [5.41, 5.74) is 2.57. The number of methoxy groups -OCH3 is 1. The molecule has 1 aliphatic rings. The van der Waals surface area contributed by atoms with Gasteiger partial charge in [0, 0.05) is 31.7 Å². The van der Waals surface area contributed by atoms with Crippen molar-refractivity contribution in [3.05, 3.63) is 53.1 Å². The van der Waals surface area contributed by atoms with E-state index in [9.17, 15) is 13.2 Å². The Balaban J connectivity index is 1.96. The summed E-state index contributed by atoms with van der Waals surface area (Å²) in [4.78, 5) is 19.8. The van der Waals surface area contributed by atoms with Crippen LogP contribution in [0.2, 0.25) is 0 Å². The number of sulfonamides is 1. The summed E-state index contributed by atoms with van der Waals surface area (Å²) < 4.78 is 31.8. The predicted molar refractivity (Wildman–Crippen MR) is 85.9 cm³/mol. The van der Waals surface area contributed by atoms with Gasteiger partial charge in [-0.15, -0.1) is 0 Å². The second-order valence-electron chi connectivity index (χ2n) is 5.53. The molecule has 7 nitrogen and oxygen atoms in total. The molecule has 1 aliphatic heterocycles. The van der Waals surface area contributed by atoms with Crippen LogP contribution in [0.4, 0.5) is 0 Å². The number of pyridine rings is 2. The first-order chi connectivity index (χ1) is 11.4. The Bertz CT molecular complexity index is 896. The molecule has 0 radical (unpaired) electrons. The average molecular weight is 347 g/mol. The minimum atomic E-state index is -3.75. The topological polar surface area (TPSA) is 89.5 Å². The molecule has 8 heteroatoms. The van der Waals surface area contributed by atoms with E-state index >= 15 is 0 Å². The van der Waals surface area contributed by atoms with Crippen LogP contribution in [0.5, 0.6) is 0 Å². The van der Waals surface area contributed by atoms with Gasteiger partial charge in [0.2, 0.25) is 10.0 Å². The fourth-order valence-electron chi connectivity index (χ4n) is 2.68. The Morgan fingerprint density at radius 1 is 1.29 bits per heavy atom. The Labute approximate surface area is 140 Å². The molecular weight excluding hydrogens is 330 g/mol. The number of nitrogens with zero attached hydrogens (tertiary/aromatic N) is 3. The Morgan fingerprint density at radius 2 is 2.08 bits per heavy atom. The zero-order chi connectivity index (χ0) is 17.3. The van der Waals surface area contributed by atoms with E-state index in [2.05, 4.69) is 14.7 Å². The summed E-state index contributed by atoms with van der Waals surface area (Å²) in [6, 6.07) is 3.23. The number of carbonyl (C=O) groups excluding carboxylic acids is 1. The molecule has 2 aromatic heterocycles. The van der Waals surface area contributed by atoms with Gasteiger partial charge in [0.25, 0.3) is 0 Å². The largest absolute Gasteiger partial charge is 0.465 e. The molecule has 126 valence electrons. The number of esters is 1. The number of fused-ring (bicyclic) bond motifs is 1. The molecular formula is C16H17N3O4S. The molecule has 0 N–H and O–H groups in total. The maximum Gasteiger partial charge on any atom is 0.339 e. The maximum atomic E-state index is 12.9. The van der Waals surface area contributed by atoms with Crippen LogP contribution in [-0.2, 0) is 27.7 Å². The SMILES string of the molecule is COC(=O)c1cc(S(=O)(=O)N2CCc3ccncc3C2)cnc1C. The van der Waals surface area contributed by atoms with E-state index in [1.54, 1.807) is 19.3 Å². The van der Waals surface area contributed by atoms with Gasteiger partial charge in [-0.3, -0.25) is 9.97 Å². The van der Waals surface area contributed by atoms with Crippen LogP contribution < -0.4 is 0 Å². The zero-order valence-corrected chi connectivity index (χ0v) is 14.2. The van der Waals surface area contributed by atoms with Crippen LogP contribution in [0.1, 0.15) is 27.2 Å². The molecule has 0 spiro atoms. The fraction of sp³-hybridized carbons (Fsp3) is 0.312. The van der Waals surface area contributed by atoms with Crippen LogP contribution in [0.15, 0.2) is 35.6 Å². The fourth-order valence-corrected chi connectivity index (χ4v) is 4.07. The average Bonchev–Trinajstić information content (AvgIpc) is 2.60. The second-order valence-corrected chi connectivity index (χ2v) is 7.47. The van der Waals surface area contributed by atoms with Crippen LogP contribution in [-0.4, -0.2) is 42.3 Å². The number of carbonyl (C=O) groups is 1. The van der Waals surface area contributed by atoms with Crippen molar-refractivity contribution in [2.24, 2.45) is 0 Å². The van der Waals surface area contributed by atoms with E-state index in [0.717, 1.165) is 11.1 Å². The normalized spacial score (nSPS) is 14.9. The van der Waals surface area contributed by atoms with Crippen molar-refractivity contribution >= 4 is 16.0 Å². The monoisotopic (exact) mass is 347 g/mol. The van der Waals surface area contributed by atoms with Crippen LogP contribution in [0.25, 0.3) is 0 Å². The minimum absolute atomic E-state index is 0.0131. The molecule has 24 heavy (non-hydrogen) atoms. The van der Waals surface area contributed by atoms with Gasteiger partial charge in [-0.1, -0.05) is 0 Å². The number of aryl methyl sites for hydroxylation is 1. The standard InChI is InChI=1S/C16H17N3O4S/c1-11-15(16(20)23-2)7-14(9-18-11)24(21,22)19-6-4-12-3-5-17-8-13(12)10-19/h3,5,7-9H,4,6,10H2,1-2H3. The first-order valence-electron chi connectivity index (χ1n) is 7.40. The van der Waals surface area contributed by atoms with Crippen LogP contribution in [0, 0.1) is 6.92 Å². The first kappa shape index (κ1) is 16.5. The van der Waals surface area contributed by atoms with Gasteiger partial charge in [-0.2, -0.15) is 4.31 Å². The quantitative estimate of drug-likeness (QED) is 0.778. The molecule has 0 saturated carbocycles.